The summed E-state index contributed by atoms with van der Waals surface area (Å²) < 4.78 is 11.1. The van der Waals surface area contributed by atoms with Crippen molar-refractivity contribution in [3.63, 3.8) is 0 Å². The predicted octanol–water partition coefficient (Wildman–Crippen LogP) is 2.08. The highest BCUT2D eigenvalue weighted by Crippen LogP contribution is 2.30. The number of nitrogens with one attached hydrogen (secondary N) is 1. The molecule has 0 saturated carbocycles. The third-order valence-corrected chi connectivity index (χ3v) is 5.05. The van der Waals surface area contributed by atoms with Gasteiger partial charge in [0.1, 0.15) is 11.5 Å². The van der Waals surface area contributed by atoms with Gasteiger partial charge in [-0.1, -0.05) is 0 Å². The molecule has 0 unspecified atom stereocenters. The van der Waals surface area contributed by atoms with E-state index in [0.717, 1.165) is 16.5 Å². The second-order valence-corrected chi connectivity index (χ2v) is 6.86. The number of nitrogens with zero attached hydrogens (tertiary/aromatic N) is 1. The Bertz CT molecular complexity index is 674. The van der Waals surface area contributed by atoms with Crippen LogP contribution in [0.1, 0.15) is 23.6 Å². The lowest BCUT2D eigenvalue weighted by Crippen LogP contribution is -2.48. The lowest BCUT2D eigenvalue weighted by molar-refractivity contribution is -0.136. The van der Waals surface area contributed by atoms with Gasteiger partial charge in [0.25, 0.3) is 0 Å². The van der Waals surface area contributed by atoms with Crippen molar-refractivity contribution in [1.82, 2.24) is 10.3 Å². The first-order chi connectivity index (χ1) is 11.1. The molecule has 0 radical (unpaired) electrons. The summed E-state index contributed by atoms with van der Waals surface area (Å²) in [7, 11) is 0. The van der Waals surface area contributed by atoms with Gasteiger partial charge in [-0.05, 0) is 31.9 Å². The first kappa shape index (κ1) is 16.2. The molecule has 7 heteroatoms. The number of rotatable bonds is 5. The maximum Gasteiger partial charge on any atom is 0.228 e. The minimum absolute atomic E-state index is 0.0225. The van der Waals surface area contributed by atoms with Crippen LogP contribution in [0.2, 0.25) is 0 Å². The molecule has 2 aromatic heterocycles. The van der Waals surface area contributed by atoms with Crippen molar-refractivity contribution in [3.05, 3.63) is 28.3 Å². The normalized spacial score (nSPS) is 17.1. The average molecular weight is 335 g/mol. The second kappa shape index (κ2) is 6.82. The first-order valence-electron chi connectivity index (χ1n) is 7.70. The molecule has 0 aromatic carbocycles. The van der Waals surface area contributed by atoms with E-state index in [-0.39, 0.29) is 5.91 Å². The Balaban J connectivity index is 1.62. The van der Waals surface area contributed by atoms with Gasteiger partial charge in [0.2, 0.25) is 5.91 Å². The van der Waals surface area contributed by atoms with Crippen LogP contribution in [0.25, 0.3) is 11.5 Å². The van der Waals surface area contributed by atoms with Crippen LogP contribution >= 0.6 is 11.3 Å². The van der Waals surface area contributed by atoms with E-state index in [0.29, 0.717) is 44.9 Å². The number of ether oxygens (including phenoxy) is 1. The van der Waals surface area contributed by atoms with Gasteiger partial charge in [0.15, 0.2) is 5.76 Å². The molecule has 2 aromatic rings. The highest BCUT2D eigenvalue weighted by molar-refractivity contribution is 7.09. The lowest BCUT2D eigenvalue weighted by Gasteiger charge is -2.34. The number of furan rings is 1. The van der Waals surface area contributed by atoms with Crippen LogP contribution in [0, 0.1) is 12.3 Å². The molecule has 1 saturated heterocycles. The molecule has 3 heterocycles. The third kappa shape index (κ3) is 3.46. The Kier molecular flexibility index (Phi) is 4.79. The summed E-state index contributed by atoms with van der Waals surface area (Å²) in [5.41, 5.74) is 6.16. The topological polar surface area (TPSA) is 90.4 Å². The smallest absolute Gasteiger partial charge is 0.228 e. The van der Waals surface area contributed by atoms with Crippen LogP contribution in [-0.2, 0) is 16.1 Å². The van der Waals surface area contributed by atoms with E-state index in [1.807, 2.05) is 24.4 Å². The van der Waals surface area contributed by atoms with Gasteiger partial charge in [-0.3, -0.25) is 4.79 Å². The number of amides is 1. The number of carbonyl (C=O) groups excluding carboxylic acids is 1. The maximum atomic E-state index is 12.5. The van der Waals surface area contributed by atoms with E-state index >= 15 is 0 Å². The molecule has 3 rings (SSSR count). The fraction of sp³-hybridized carbons (Fsp3) is 0.500. The third-order valence-electron chi connectivity index (χ3n) is 4.28. The zero-order chi connectivity index (χ0) is 16.3. The molecule has 124 valence electrons. The summed E-state index contributed by atoms with van der Waals surface area (Å²) in [5, 5.41) is 5.90. The lowest BCUT2D eigenvalue weighted by atomic mass is 9.79. The van der Waals surface area contributed by atoms with Crippen molar-refractivity contribution in [1.29, 1.82) is 0 Å². The summed E-state index contributed by atoms with van der Waals surface area (Å²) in [6, 6.07) is 3.74. The fourth-order valence-corrected chi connectivity index (χ4v) is 3.33. The number of hydrogen-bond acceptors (Lipinski definition) is 6. The quantitative estimate of drug-likeness (QED) is 0.873. The van der Waals surface area contributed by atoms with E-state index in [4.69, 9.17) is 14.9 Å². The van der Waals surface area contributed by atoms with E-state index in [2.05, 4.69) is 10.3 Å². The molecule has 0 bridgehead atoms. The molecule has 23 heavy (non-hydrogen) atoms. The molecule has 0 atom stereocenters. The van der Waals surface area contributed by atoms with E-state index < -0.39 is 5.41 Å². The molecule has 1 amide bonds. The summed E-state index contributed by atoms with van der Waals surface area (Å²) in [5.74, 6) is 1.40. The van der Waals surface area contributed by atoms with Gasteiger partial charge in [0, 0.05) is 25.1 Å². The molecule has 3 N–H and O–H groups in total. The zero-order valence-electron chi connectivity index (χ0n) is 13.1. The fourth-order valence-electron chi connectivity index (χ4n) is 2.73. The Labute approximate surface area is 139 Å². The van der Waals surface area contributed by atoms with E-state index in [1.54, 1.807) is 11.3 Å². The average Bonchev–Trinajstić information content (AvgIpc) is 3.22. The monoisotopic (exact) mass is 335 g/mol. The maximum absolute atomic E-state index is 12.5. The van der Waals surface area contributed by atoms with Crippen molar-refractivity contribution in [2.45, 2.75) is 26.3 Å². The zero-order valence-corrected chi connectivity index (χ0v) is 13.9. The predicted molar refractivity (Wildman–Crippen MR) is 87.9 cm³/mol. The second-order valence-electron chi connectivity index (χ2n) is 5.80. The van der Waals surface area contributed by atoms with Crippen molar-refractivity contribution in [2.24, 2.45) is 11.1 Å². The Morgan fingerprint density at radius 3 is 2.87 bits per heavy atom. The van der Waals surface area contributed by atoms with Crippen molar-refractivity contribution < 1.29 is 13.9 Å². The number of thiazole rings is 1. The number of carbonyl (C=O) groups is 1. The summed E-state index contributed by atoms with van der Waals surface area (Å²) >= 11 is 1.58. The van der Waals surface area contributed by atoms with Gasteiger partial charge in [0.05, 0.1) is 17.0 Å². The van der Waals surface area contributed by atoms with Gasteiger partial charge in [-0.2, -0.15) is 0 Å². The van der Waals surface area contributed by atoms with Crippen LogP contribution < -0.4 is 11.1 Å². The first-order valence-corrected chi connectivity index (χ1v) is 8.58. The van der Waals surface area contributed by atoms with Crippen molar-refractivity contribution in [3.8, 4) is 11.5 Å². The Morgan fingerprint density at radius 2 is 2.22 bits per heavy atom. The summed E-state index contributed by atoms with van der Waals surface area (Å²) in [4.78, 5) is 16.9. The van der Waals surface area contributed by atoms with Gasteiger partial charge >= 0.3 is 0 Å². The summed E-state index contributed by atoms with van der Waals surface area (Å²) in [6.45, 7) is 3.81. The number of aromatic nitrogens is 1. The minimum atomic E-state index is -0.514. The Morgan fingerprint density at radius 1 is 1.43 bits per heavy atom. The van der Waals surface area contributed by atoms with E-state index in [9.17, 15) is 4.79 Å². The highest BCUT2D eigenvalue weighted by atomic mass is 32.1. The standard InChI is InChI=1S/C16H21N3O3S/c1-11-19-13(9-23-11)14-3-2-12(22-14)8-18-15(20)16(10-17)4-6-21-7-5-16/h2-3,9H,4-8,10,17H2,1H3,(H,18,20). The molecule has 1 aliphatic heterocycles. The SMILES string of the molecule is Cc1nc(-c2ccc(CNC(=O)C3(CN)CCOCC3)o2)cs1. The Hall–Kier alpha value is -1.70. The van der Waals surface area contributed by atoms with Crippen LogP contribution in [0.5, 0.6) is 0 Å². The van der Waals surface area contributed by atoms with Gasteiger partial charge in [-0.25, -0.2) is 4.98 Å². The molecule has 6 nitrogen and oxygen atoms in total. The van der Waals surface area contributed by atoms with Crippen LogP contribution in [0.3, 0.4) is 0 Å². The number of nitrogens with two attached hydrogens (primary N) is 1. The summed E-state index contributed by atoms with van der Waals surface area (Å²) in [6.07, 6.45) is 1.33. The molecule has 0 aliphatic carbocycles. The van der Waals surface area contributed by atoms with Crippen LogP contribution in [-0.4, -0.2) is 30.6 Å². The van der Waals surface area contributed by atoms with Gasteiger partial charge in [-0.15, -0.1) is 11.3 Å². The van der Waals surface area contributed by atoms with E-state index in [1.165, 1.54) is 0 Å². The number of aryl methyl sites for hydroxylation is 1. The highest BCUT2D eigenvalue weighted by Gasteiger charge is 2.38. The van der Waals surface area contributed by atoms with Crippen LogP contribution in [0.15, 0.2) is 21.9 Å². The molecule has 0 spiro atoms. The van der Waals surface area contributed by atoms with Crippen molar-refractivity contribution >= 4 is 17.2 Å². The molecular formula is C16H21N3O3S. The molecular weight excluding hydrogens is 314 g/mol. The van der Waals surface area contributed by atoms with Gasteiger partial charge < -0.3 is 20.2 Å². The minimum Gasteiger partial charge on any atom is -0.458 e. The largest absolute Gasteiger partial charge is 0.458 e. The van der Waals surface area contributed by atoms with Crippen LogP contribution in [0.4, 0.5) is 0 Å². The molecule has 1 aliphatic rings. The number of hydrogen-bond donors (Lipinski definition) is 2. The van der Waals surface area contributed by atoms with Crippen molar-refractivity contribution in [2.75, 3.05) is 19.8 Å². The molecule has 1 fully saturated rings.